The van der Waals surface area contributed by atoms with Gasteiger partial charge >= 0.3 is 6.18 Å². The van der Waals surface area contributed by atoms with Crippen LogP contribution in [-0.2, 0) is 25.4 Å². The summed E-state index contributed by atoms with van der Waals surface area (Å²) in [6.07, 6.45) is -4.04. The number of β-amino-alcohol motifs (C(OH)–C–C–N with tert-alkyl or cyclic N) is 1. The SMILES string of the molecule is Cc1ncsc1-c1ccc([C@H](CC(=O)NCCCCCNC(=O)c2ccc(F)c(-c3ccc(N4C[C@@H](C)N(C)[C@@H](C)C4)c(NC(=O)c4c[nH]c(=O)cc4C(F)(F)F)c3)c2)NC(=O)[C@@H]2C[C@@H](O)CN2C(=O)[C@@H](NC(=O)C2(F)CC2)C(C)(C)C)cc1. The number of pyridine rings is 1. The van der Waals surface area contributed by atoms with Crippen LogP contribution in [0.4, 0.5) is 33.3 Å². The van der Waals surface area contributed by atoms with Crippen molar-refractivity contribution in [1.29, 1.82) is 0 Å². The number of aliphatic hydroxyl groups excluding tert-OH is 1. The monoisotopic (exact) mass is 1190 g/mol. The molecule has 7 N–H and O–H groups in total. The molecule has 450 valence electrons. The maximum atomic E-state index is 15.7. The number of aryl methyl sites for hydroxylation is 1. The van der Waals surface area contributed by atoms with Crippen LogP contribution in [-0.4, -0.2) is 136 Å². The lowest BCUT2D eigenvalue weighted by Gasteiger charge is -2.44. The molecule has 0 radical (unpaired) electrons. The number of hydrogen-bond acceptors (Lipinski definition) is 12. The third kappa shape index (κ3) is 14.8. The number of thiazole rings is 1. The smallest absolute Gasteiger partial charge is 0.391 e. The summed E-state index contributed by atoms with van der Waals surface area (Å²) in [5.41, 5.74) is -1.32. The second-order valence-corrected chi connectivity index (χ2v) is 24.1. The summed E-state index contributed by atoms with van der Waals surface area (Å²) in [5.74, 6) is -4.95. The normalized spacial score (nSPS) is 19.5. The van der Waals surface area contributed by atoms with E-state index in [1.54, 1.807) is 50.5 Å². The number of anilines is 2. The van der Waals surface area contributed by atoms with E-state index in [0.717, 1.165) is 22.2 Å². The first kappa shape index (κ1) is 62.5. The van der Waals surface area contributed by atoms with Gasteiger partial charge in [0.15, 0.2) is 5.67 Å². The molecule has 4 heterocycles. The zero-order valence-corrected chi connectivity index (χ0v) is 48.7. The molecular formula is C60H71F5N10O8S. The molecule has 3 aliphatic rings. The van der Waals surface area contributed by atoms with Gasteiger partial charge < -0.3 is 46.5 Å². The number of rotatable bonds is 20. The molecule has 3 fully saturated rings. The van der Waals surface area contributed by atoms with Gasteiger partial charge in [-0.1, -0.05) is 51.1 Å². The molecule has 8 rings (SSSR count). The predicted molar refractivity (Wildman–Crippen MR) is 308 cm³/mol. The van der Waals surface area contributed by atoms with Gasteiger partial charge in [0.1, 0.15) is 17.9 Å². The maximum absolute atomic E-state index is 15.7. The molecule has 1 saturated carbocycles. The Balaban J connectivity index is 0.886. The molecule has 0 bridgehead atoms. The molecule has 18 nitrogen and oxygen atoms in total. The molecule has 0 spiro atoms. The average Bonchev–Trinajstić information content (AvgIpc) is 3.46. The minimum Gasteiger partial charge on any atom is -0.391 e. The van der Waals surface area contributed by atoms with Gasteiger partial charge in [0.25, 0.3) is 17.7 Å². The van der Waals surface area contributed by atoms with Crippen LogP contribution in [0.2, 0.25) is 0 Å². The Morgan fingerprint density at radius 3 is 2.15 bits per heavy atom. The van der Waals surface area contributed by atoms with Crippen LogP contribution in [0.3, 0.4) is 0 Å². The number of aliphatic hydroxyl groups is 1. The number of benzene rings is 3. The fourth-order valence-electron chi connectivity index (χ4n) is 10.6. The van der Waals surface area contributed by atoms with Crippen LogP contribution in [0, 0.1) is 18.2 Å². The number of aromatic nitrogens is 2. The van der Waals surface area contributed by atoms with E-state index in [1.807, 2.05) is 44.9 Å². The van der Waals surface area contributed by atoms with Gasteiger partial charge in [-0.15, -0.1) is 11.3 Å². The van der Waals surface area contributed by atoms with Crippen LogP contribution >= 0.6 is 11.3 Å². The molecule has 84 heavy (non-hydrogen) atoms. The summed E-state index contributed by atoms with van der Waals surface area (Å²) >= 11 is 1.47. The predicted octanol–water partition coefficient (Wildman–Crippen LogP) is 7.67. The van der Waals surface area contributed by atoms with Crippen LogP contribution in [0.25, 0.3) is 21.6 Å². The van der Waals surface area contributed by atoms with Crippen molar-refractivity contribution in [2.45, 2.75) is 135 Å². The van der Waals surface area contributed by atoms with Crippen molar-refractivity contribution in [2.75, 3.05) is 50.0 Å². The number of carbonyl (C=O) groups excluding carboxylic acids is 6. The molecule has 24 heteroatoms. The number of nitrogens with zero attached hydrogens (tertiary/aromatic N) is 4. The molecule has 5 aromatic rings. The van der Waals surface area contributed by atoms with Crippen molar-refractivity contribution < 1.29 is 55.8 Å². The molecule has 2 saturated heterocycles. The van der Waals surface area contributed by atoms with E-state index in [2.05, 4.69) is 41.5 Å². The Morgan fingerprint density at radius 1 is 0.857 bits per heavy atom. The molecule has 1 aliphatic carbocycles. The summed E-state index contributed by atoms with van der Waals surface area (Å²) in [4.78, 5) is 107. The lowest BCUT2D eigenvalue weighted by molar-refractivity contribution is -0.145. The average molecular weight is 1190 g/mol. The van der Waals surface area contributed by atoms with Crippen LogP contribution in [0.15, 0.2) is 83.2 Å². The molecule has 2 aliphatic heterocycles. The van der Waals surface area contributed by atoms with Crippen LogP contribution < -0.4 is 37.0 Å². The Labute approximate surface area is 487 Å². The number of carbonyl (C=O) groups is 6. The number of piperazine rings is 1. The van der Waals surface area contributed by atoms with Gasteiger partial charge in [-0.3, -0.25) is 38.5 Å². The first-order valence-electron chi connectivity index (χ1n) is 28.0. The standard InChI is InChI=1S/C60H71F5N10O8S/c1-33-29-74(30-34(2)73(33)7)47-18-16-38(24-46(47)71-54(80)42-28-68-49(77)26-43(42)60(63,64)65)41-23-39(15-17-44(41)61)53(79)67-22-10-8-9-21-66-50(78)27-45(36-11-13-37(14-12-36)51-35(3)69-32-84-51)70-55(81)48-25-40(76)31-75(48)56(82)52(58(4,5)6)72-57(83)59(62)19-20-59/h11-18,23-24,26,28,32-34,40,45,48,52,76H,8-10,19-22,25,27,29-31H2,1-7H3,(H,66,78)(H,67,79)(H,68,77)(H,70,81)(H,71,80)(H,72,83)/t33-,34+,40-,45+,48+,52-/m1/s1. The highest BCUT2D eigenvalue weighted by Crippen LogP contribution is 2.41. The molecule has 0 unspecified atom stereocenters. The first-order valence-corrected chi connectivity index (χ1v) is 28.9. The topological polar surface area (TPSA) is 238 Å². The molecule has 6 atom stereocenters. The zero-order chi connectivity index (χ0) is 61.0. The fraction of sp³-hybridized carbons (Fsp3) is 0.467. The number of nitrogens with one attached hydrogen (secondary N) is 6. The number of hydrogen-bond donors (Lipinski definition) is 7. The largest absolute Gasteiger partial charge is 0.417 e. The second-order valence-electron chi connectivity index (χ2n) is 23.2. The third-order valence-corrected chi connectivity index (χ3v) is 16.8. The maximum Gasteiger partial charge on any atom is 0.417 e. The number of likely N-dealkylation sites (tertiary alicyclic amines) is 1. The van der Waals surface area contributed by atoms with E-state index < -0.39 is 99.4 Å². The molecule has 3 aromatic carbocycles. The van der Waals surface area contributed by atoms with Gasteiger partial charge in [-0.25, -0.2) is 13.8 Å². The third-order valence-electron chi connectivity index (χ3n) is 15.8. The van der Waals surface area contributed by atoms with Crippen molar-refractivity contribution in [3.8, 4) is 21.6 Å². The lowest BCUT2D eigenvalue weighted by atomic mass is 9.85. The van der Waals surface area contributed by atoms with Gasteiger partial charge in [-0.05, 0) is 112 Å². The minimum absolute atomic E-state index is 0.0157. The van der Waals surface area contributed by atoms with Crippen molar-refractivity contribution >= 4 is 58.2 Å². The Kier molecular flexibility index (Phi) is 19.1. The highest BCUT2D eigenvalue weighted by molar-refractivity contribution is 7.13. The van der Waals surface area contributed by atoms with Gasteiger partial charge in [0, 0.05) is 74.6 Å². The quantitative estimate of drug-likeness (QED) is 0.0295. The van der Waals surface area contributed by atoms with Crippen LogP contribution in [0.1, 0.15) is 123 Å². The van der Waals surface area contributed by atoms with E-state index in [-0.39, 0.29) is 79.8 Å². The number of likely N-dealkylation sites (N-methyl/N-ethyl adjacent to an activating group) is 1. The molecular weight excluding hydrogens is 1120 g/mol. The van der Waals surface area contributed by atoms with E-state index in [1.165, 1.54) is 34.4 Å². The summed E-state index contributed by atoms with van der Waals surface area (Å²) in [7, 11) is 1.97. The van der Waals surface area contributed by atoms with Gasteiger partial charge in [0.05, 0.1) is 57.1 Å². The van der Waals surface area contributed by atoms with Crippen molar-refractivity contribution in [2.24, 2.45) is 5.41 Å². The van der Waals surface area contributed by atoms with E-state index in [4.69, 9.17) is 0 Å². The fourth-order valence-corrected chi connectivity index (χ4v) is 11.4. The first-order chi connectivity index (χ1) is 39.6. The summed E-state index contributed by atoms with van der Waals surface area (Å²) in [6, 6.07) is 12.9. The molecule has 6 amide bonds. The summed E-state index contributed by atoms with van der Waals surface area (Å²) in [5, 5.41) is 24.6. The second kappa shape index (κ2) is 25.7. The van der Waals surface area contributed by atoms with E-state index >= 15 is 4.39 Å². The molecule has 2 aromatic heterocycles. The number of alkyl halides is 4. The van der Waals surface area contributed by atoms with Crippen molar-refractivity contribution in [3.63, 3.8) is 0 Å². The highest BCUT2D eigenvalue weighted by Gasteiger charge is 2.53. The minimum atomic E-state index is -5.02. The number of unbranched alkanes of at least 4 members (excludes halogenated alkanes) is 2. The lowest BCUT2D eigenvalue weighted by Crippen LogP contribution is -2.59. The number of halogens is 5. The highest BCUT2D eigenvalue weighted by atomic mass is 32.1. The Bertz CT molecular complexity index is 3310. The van der Waals surface area contributed by atoms with Gasteiger partial charge in [0.2, 0.25) is 23.3 Å². The van der Waals surface area contributed by atoms with Crippen LogP contribution in [0.5, 0.6) is 0 Å². The summed E-state index contributed by atoms with van der Waals surface area (Å²) in [6.45, 7) is 12.3. The zero-order valence-electron chi connectivity index (χ0n) is 47.8. The number of H-pyrrole nitrogens is 1. The summed E-state index contributed by atoms with van der Waals surface area (Å²) < 4.78 is 72.7. The van der Waals surface area contributed by atoms with E-state index in [9.17, 15) is 56.2 Å². The van der Waals surface area contributed by atoms with E-state index in [0.29, 0.717) is 55.9 Å². The van der Waals surface area contributed by atoms with Gasteiger partial charge in [-0.2, -0.15) is 13.2 Å². The Morgan fingerprint density at radius 2 is 1.52 bits per heavy atom. The number of aromatic amines is 1. The Hall–Kier alpha value is -7.57. The number of amides is 6. The van der Waals surface area contributed by atoms with Crippen molar-refractivity contribution in [1.82, 2.24) is 41.0 Å². The van der Waals surface area contributed by atoms with Crippen molar-refractivity contribution in [3.05, 3.63) is 123 Å².